The highest BCUT2D eigenvalue weighted by atomic mass is 16.6. The lowest BCUT2D eigenvalue weighted by Crippen LogP contribution is -2.61. The number of hydrogen-bond donors (Lipinski definition) is 1. The number of rotatable bonds is 4. The molecule has 2 fully saturated rings. The normalized spacial score (nSPS) is 22.2. The van der Waals surface area contributed by atoms with Crippen molar-refractivity contribution in [2.75, 3.05) is 59.4 Å². The average Bonchev–Trinajstić information content (AvgIpc) is 2.32. The van der Waals surface area contributed by atoms with Crippen molar-refractivity contribution >= 4 is 6.09 Å². The predicted molar refractivity (Wildman–Crippen MR) is 83.5 cm³/mol. The molecule has 0 aromatic heterocycles. The summed E-state index contributed by atoms with van der Waals surface area (Å²) in [6.45, 7) is 14.0. The molecule has 2 rings (SSSR count). The topological polar surface area (TPSA) is 48.0 Å². The fourth-order valence-electron chi connectivity index (χ4n) is 2.58. The number of ether oxygens (including phenoxy) is 1. The van der Waals surface area contributed by atoms with E-state index in [0.29, 0.717) is 6.04 Å². The van der Waals surface area contributed by atoms with Crippen molar-refractivity contribution < 1.29 is 9.53 Å². The first-order chi connectivity index (χ1) is 9.83. The molecule has 2 aliphatic heterocycles. The Kier molecular flexibility index (Phi) is 5.46. The average molecular weight is 298 g/mol. The van der Waals surface area contributed by atoms with Gasteiger partial charge >= 0.3 is 6.09 Å². The summed E-state index contributed by atoms with van der Waals surface area (Å²) >= 11 is 0. The first-order valence-electron chi connectivity index (χ1n) is 7.96. The van der Waals surface area contributed by atoms with Gasteiger partial charge in [0, 0.05) is 58.4 Å². The second-order valence-corrected chi connectivity index (χ2v) is 7.18. The minimum atomic E-state index is -0.406. The Morgan fingerprint density at radius 1 is 1.19 bits per heavy atom. The molecular formula is C15H30N4O2. The molecule has 21 heavy (non-hydrogen) atoms. The second kappa shape index (κ2) is 6.94. The molecule has 0 saturated carbocycles. The van der Waals surface area contributed by atoms with Crippen molar-refractivity contribution in [2.24, 2.45) is 0 Å². The molecule has 0 atom stereocenters. The van der Waals surface area contributed by atoms with Gasteiger partial charge in [0.2, 0.25) is 0 Å². The lowest BCUT2D eigenvalue weighted by Gasteiger charge is -2.40. The zero-order valence-electron chi connectivity index (χ0n) is 13.9. The van der Waals surface area contributed by atoms with Crippen molar-refractivity contribution in [3.05, 3.63) is 0 Å². The Balaban J connectivity index is 1.54. The molecule has 1 amide bonds. The van der Waals surface area contributed by atoms with E-state index in [1.807, 2.05) is 20.8 Å². The molecule has 122 valence electrons. The number of likely N-dealkylation sites (N-methyl/N-ethyl adjacent to an activating group) is 1. The summed E-state index contributed by atoms with van der Waals surface area (Å²) in [5.74, 6) is 0. The number of carbonyl (C=O) groups is 1. The number of nitrogens with zero attached hydrogens (tertiary/aromatic N) is 3. The molecule has 6 nitrogen and oxygen atoms in total. The maximum absolute atomic E-state index is 11.8. The lowest BCUT2D eigenvalue weighted by atomic mass is 10.1. The quantitative estimate of drug-likeness (QED) is 0.816. The minimum Gasteiger partial charge on any atom is -0.444 e. The van der Waals surface area contributed by atoms with E-state index < -0.39 is 5.60 Å². The lowest BCUT2D eigenvalue weighted by molar-refractivity contribution is 0.00507. The smallest absolute Gasteiger partial charge is 0.410 e. The van der Waals surface area contributed by atoms with Gasteiger partial charge in [0.05, 0.1) is 0 Å². The van der Waals surface area contributed by atoms with Crippen molar-refractivity contribution in [3.8, 4) is 0 Å². The third-order valence-corrected chi connectivity index (χ3v) is 3.99. The van der Waals surface area contributed by atoms with Crippen LogP contribution in [0.25, 0.3) is 0 Å². The van der Waals surface area contributed by atoms with Crippen LogP contribution in [0.4, 0.5) is 4.79 Å². The number of amides is 1. The van der Waals surface area contributed by atoms with Gasteiger partial charge in [-0.3, -0.25) is 4.90 Å². The molecule has 0 bridgehead atoms. The molecule has 2 heterocycles. The minimum absolute atomic E-state index is 0.195. The highest BCUT2D eigenvalue weighted by Crippen LogP contribution is 2.15. The highest BCUT2D eigenvalue weighted by Gasteiger charge is 2.33. The van der Waals surface area contributed by atoms with Crippen LogP contribution in [0, 0.1) is 0 Å². The van der Waals surface area contributed by atoms with Gasteiger partial charge in [-0.25, -0.2) is 4.79 Å². The monoisotopic (exact) mass is 298 g/mol. The number of piperazine rings is 1. The van der Waals surface area contributed by atoms with Crippen LogP contribution in [0.3, 0.4) is 0 Å². The molecule has 0 unspecified atom stereocenters. The molecule has 6 heteroatoms. The summed E-state index contributed by atoms with van der Waals surface area (Å²) in [4.78, 5) is 18.4. The molecule has 0 spiro atoms. The van der Waals surface area contributed by atoms with Crippen LogP contribution in [0.5, 0.6) is 0 Å². The van der Waals surface area contributed by atoms with Crippen LogP contribution in [-0.4, -0.2) is 91.8 Å². The SMILES string of the molecule is CN1CCN(CCNC2CN(C(=O)OC(C)(C)C)C2)CC1. The zero-order valence-corrected chi connectivity index (χ0v) is 13.9. The van der Waals surface area contributed by atoms with Crippen LogP contribution >= 0.6 is 0 Å². The molecule has 0 aromatic rings. The van der Waals surface area contributed by atoms with Gasteiger partial charge < -0.3 is 19.9 Å². The highest BCUT2D eigenvalue weighted by molar-refractivity contribution is 5.69. The first kappa shape index (κ1) is 16.5. The Labute approximate surface area is 128 Å². The second-order valence-electron chi connectivity index (χ2n) is 7.18. The van der Waals surface area contributed by atoms with E-state index in [0.717, 1.165) is 52.4 Å². The number of hydrogen-bond acceptors (Lipinski definition) is 5. The first-order valence-corrected chi connectivity index (χ1v) is 7.96. The van der Waals surface area contributed by atoms with Crippen LogP contribution < -0.4 is 5.32 Å². The summed E-state index contributed by atoms with van der Waals surface area (Å²) in [7, 11) is 2.18. The van der Waals surface area contributed by atoms with Gasteiger partial charge in [-0.2, -0.15) is 0 Å². The van der Waals surface area contributed by atoms with E-state index in [2.05, 4.69) is 22.2 Å². The largest absolute Gasteiger partial charge is 0.444 e. The fourth-order valence-corrected chi connectivity index (χ4v) is 2.58. The van der Waals surface area contributed by atoms with E-state index in [9.17, 15) is 4.79 Å². The summed E-state index contributed by atoms with van der Waals surface area (Å²) in [6, 6.07) is 0.421. The van der Waals surface area contributed by atoms with Crippen LogP contribution in [-0.2, 0) is 4.74 Å². The summed E-state index contributed by atoms with van der Waals surface area (Å²) in [5.41, 5.74) is -0.406. The standard InChI is InChI=1S/C15H30N4O2/c1-15(2,3)21-14(20)19-11-13(12-19)16-5-6-18-9-7-17(4)8-10-18/h13,16H,5-12H2,1-4H3. The van der Waals surface area contributed by atoms with Gasteiger partial charge in [-0.1, -0.05) is 0 Å². The van der Waals surface area contributed by atoms with E-state index in [1.165, 1.54) is 0 Å². The molecule has 2 aliphatic rings. The molecule has 1 N–H and O–H groups in total. The molecule has 0 radical (unpaired) electrons. The van der Waals surface area contributed by atoms with E-state index in [-0.39, 0.29) is 6.09 Å². The van der Waals surface area contributed by atoms with Crippen molar-refractivity contribution in [1.82, 2.24) is 20.0 Å². The Hall–Kier alpha value is -0.850. The Bertz CT molecular complexity index is 342. The Morgan fingerprint density at radius 2 is 1.81 bits per heavy atom. The van der Waals surface area contributed by atoms with Gasteiger partial charge in [0.25, 0.3) is 0 Å². The molecule has 0 aliphatic carbocycles. The van der Waals surface area contributed by atoms with Gasteiger partial charge in [0.15, 0.2) is 0 Å². The fraction of sp³-hybridized carbons (Fsp3) is 0.933. The molecule has 0 aromatic carbocycles. The summed E-state index contributed by atoms with van der Waals surface area (Å²) in [5, 5.41) is 3.52. The van der Waals surface area contributed by atoms with Gasteiger partial charge in [-0.05, 0) is 27.8 Å². The van der Waals surface area contributed by atoms with Crippen LogP contribution in [0.1, 0.15) is 20.8 Å². The molecular weight excluding hydrogens is 268 g/mol. The maximum atomic E-state index is 11.8. The summed E-state index contributed by atoms with van der Waals surface area (Å²) < 4.78 is 5.35. The van der Waals surface area contributed by atoms with Crippen molar-refractivity contribution in [3.63, 3.8) is 0 Å². The van der Waals surface area contributed by atoms with Crippen LogP contribution in [0.15, 0.2) is 0 Å². The van der Waals surface area contributed by atoms with Crippen molar-refractivity contribution in [2.45, 2.75) is 32.4 Å². The molecule has 2 saturated heterocycles. The van der Waals surface area contributed by atoms with Gasteiger partial charge in [-0.15, -0.1) is 0 Å². The number of likely N-dealkylation sites (tertiary alicyclic amines) is 1. The number of nitrogens with one attached hydrogen (secondary N) is 1. The maximum Gasteiger partial charge on any atom is 0.410 e. The third-order valence-electron chi connectivity index (χ3n) is 3.99. The van der Waals surface area contributed by atoms with E-state index >= 15 is 0 Å². The third kappa shape index (κ3) is 5.45. The van der Waals surface area contributed by atoms with E-state index in [4.69, 9.17) is 4.74 Å². The summed E-state index contributed by atoms with van der Waals surface area (Å²) in [6.07, 6.45) is -0.195. The van der Waals surface area contributed by atoms with Crippen molar-refractivity contribution in [1.29, 1.82) is 0 Å². The van der Waals surface area contributed by atoms with E-state index in [1.54, 1.807) is 4.90 Å². The Morgan fingerprint density at radius 3 is 2.38 bits per heavy atom. The van der Waals surface area contributed by atoms with Gasteiger partial charge in [0.1, 0.15) is 5.60 Å². The van der Waals surface area contributed by atoms with Crippen LogP contribution in [0.2, 0.25) is 0 Å². The number of carbonyl (C=O) groups excluding carboxylic acids is 1. The predicted octanol–water partition coefficient (Wildman–Crippen LogP) is 0.443. The zero-order chi connectivity index (χ0) is 15.5.